The van der Waals surface area contributed by atoms with Crippen LogP contribution in [0.15, 0.2) is 121 Å². The van der Waals surface area contributed by atoms with Gasteiger partial charge >= 0.3 is 0 Å². The van der Waals surface area contributed by atoms with Crippen LogP contribution in [0.5, 0.6) is 0 Å². The van der Waals surface area contributed by atoms with E-state index in [1.54, 1.807) is 0 Å². The first-order chi connectivity index (χ1) is 17.8. The van der Waals surface area contributed by atoms with Gasteiger partial charge in [-0.3, -0.25) is 0 Å². The van der Waals surface area contributed by atoms with Crippen LogP contribution in [0.1, 0.15) is 13.8 Å². The molecule has 0 amide bonds. The van der Waals surface area contributed by atoms with Crippen LogP contribution < -0.4 is 21.2 Å². The molecule has 0 unspecified atom stereocenters. The summed E-state index contributed by atoms with van der Waals surface area (Å²) >= 11 is 0. The molecule has 190 valence electrons. The van der Waals surface area contributed by atoms with Gasteiger partial charge in [-0.15, -0.1) is 0 Å². The molecule has 0 N–H and O–H groups in total. The minimum atomic E-state index is -1.72. The number of rotatable bonds is 8. The topological polar surface area (TPSA) is 18.5 Å². The van der Waals surface area contributed by atoms with Crippen molar-refractivity contribution < 1.29 is 9.47 Å². The SMILES string of the molecule is CC1(C)O[C@H](C[P+](C)(c2ccccc2)c2ccccc2)[C@@H](C[P+](C)(c2ccccc2)c2ccccc2)O1. The largest absolute Gasteiger partial charge is 0.341 e. The highest BCUT2D eigenvalue weighted by Gasteiger charge is 2.53. The second-order valence-corrected chi connectivity index (χ2v) is 18.4. The molecule has 1 heterocycles. The van der Waals surface area contributed by atoms with Gasteiger partial charge in [0.25, 0.3) is 0 Å². The first-order valence-electron chi connectivity index (χ1n) is 13.1. The third kappa shape index (κ3) is 5.59. The van der Waals surface area contributed by atoms with E-state index in [-0.39, 0.29) is 12.2 Å². The average molecular weight is 529 g/mol. The molecular formula is C33H38O2P2+2. The number of benzene rings is 4. The van der Waals surface area contributed by atoms with Crippen molar-refractivity contribution in [1.82, 2.24) is 0 Å². The van der Waals surface area contributed by atoms with Gasteiger partial charge in [0.1, 0.15) is 12.2 Å². The maximum absolute atomic E-state index is 6.74. The molecule has 2 nitrogen and oxygen atoms in total. The van der Waals surface area contributed by atoms with Gasteiger partial charge < -0.3 is 9.47 Å². The van der Waals surface area contributed by atoms with Crippen molar-refractivity contribution in [2.75, 3.05) is 25.7 Å². The van der Waals surface area contributed by atoms with E-state index in [1.807, 2.05) is 0 Å². The molecule has 2 atom stereocenters. The zero-order chi connectivity index (χ0) is 25.9. The monoisotopic (exact) mass is 528 g/mol. The summed E-state index contributed by atoms with van der Waals surface area (Å²) in [7, 11) is -3.44. The lowest BCUT2D eigenvalue weighted by Crippen LogP contribution is -2.39. The first-order valence-corrected chi connectivity index (χ1v) is 17.9. The zero-order valence-electron chi connectivity index (χ0n) is 22.3. The molecule has 1 aliphatic heterocycles. The molecule has 37 heavy (non-hydrogen) atoms. The highest BCUT2D eigenvalue weighted by atomic mass is 31.2. The molecule has 0 radical (unpaired) electrons. The van der Waals surface area contributed by atoms with Gasteiger partial charge in [0.15, 0.2) is 5.79 Å². The van der Waals surface area contributed by atoms with E-state index >= 15 is 0 Å². The minimum Gasteiger partial charge on any atom is -0.341 e. The summed E-state index contributed by atoms with van der Waals surface area (Å²) in [5.41, 5.74) is 0. The minimum absolute atomic E-state index is 0.0143. The average Bonchev–Trinajstić information content (AvgIpc) is 3.22. The Hall–Kier alpha value is -2.34. The fourth-order valence-corrected chi connectivity index (χ4v) is 12.5. The molecule has 0 spiro atoms. The molecule has 1 fully saturated rings. The molecular weight excluding hydrogens is 490 g/mol. The molecule has 1 aliphatic rings. The van der Waals surface area contributed by atoms with Crippen molar-refractivity contribution in [3.8, 4) is 0 Å². The van der Waals surface area contributed by atoms with Crippen LogP contribution in [0.25, 0.3) is 0 Å². The zero-order valence-corrected chi connectivity index (χ0v) is 24.1. The maximum atomic E-state index is 6.74. The molecule has 4 heteroatoms. The lowest BCUT2D eigenvalue weighted by Gasteiger charge is -2.30. The van der Waals surface area contributed by atoms with Crippen molar-refractivity contribution in [2.45, 2.75) is 31.8 Å². The van der Waals surface area contributed by atoms with Gasteiger partial charge in [-0.2, -0.15) is 0 Å². The van der Waals surface area contributed by atoms with Crippen LogP contribution in [0, 0.1) is 0 Å². The summed E-state index contributed by atoms with van der Waals surface area (Å²) in [6, 6.07) is 44.1. The Morgan fingerprint density at radius 2 is 0.730 bits per heavy atom. The molecule has 5 rings (SSSR count). The fourth-order valence-electron chi connectivity index (χ4n) is 5.69. The first kappa shape index (κ1) is 26.3. The van der Waals surface area contributed by atoms with Gasteiger partial charge in [0.05, 0.1) is 61.4 Å². The van der Waals surface area contributed by atoms with Gasteiger partial charge in [-0.25, -0.2) is 0 Å². The second kappa shape index (κ2) is 10.8. The second-order valence-electron chi connectivity index (χ2n) is 10.8. The van der Waals surface area contributed by atoms with Crippen molar-refractivity contribution in [2.24, 2.45) is 0 Å². The third-order valence-corrected chi connectivity index (χ3v) is 15.6. The fraction of sp³-hybridized carbons (Fsp3) is 0.273. The van der Waals surface area contributed by atoms with Gasteiger partial charge in [-0.1, -0.05) is 72.8 Å². The summed E-state index contributed by atoms with van der Waals surface area (Å²) in [6.07, 6.45) is 1.94. The van der Waals surface area contributed by atoms with Crippen molar-refractivity contribution in [1.29, 1.82) is 0 Å². The van der Waals surface area contributed by atoms with E-state index in [1.165, 1.54) is 21.2 Å². The predicted octanol–water partition coefficient (Wildman–Crippen LogP) is 6.10. The Kier molecular flexibility index (Phi) is 7.67. The summed E-state index contributed by atoms with van der Waals surface area (Å²) in [4.78, 5) is 0. The lowest BCUT2D eigenvalue weighted by molar-refractivity contribution is -0.142. The summed E-state index contributed by atoms with van der Waals surface area (Å²) in [5.74, 6) is -0.605. The molecule has 4 aromatic rings. The Labute approximate surface area is 223 Å². The Morgan fingerprint density at radius 3 is 0.973 bits per heavy atom. The molecule has 1 saturated heterocycles. The van der Waals surface area contributed by atoms with Crippen LogP contribution in [-0.2, 0) is 9.47 Å². The smallest absolute Gasteiger partial charge is 0.164 e. The highest BCUT2D eigenvalue weighted by molar-refractivity contribution is 7.89. The van der Waals surface area contributed by atoms with Crippen LogP contribution in [0.4, 0.5) is 0 Å². The normalized spacial score (nSPS) is 19.6. The Bertz CT molecular complexity index is 1100. The molecule has 0 aromatic heterocycles. The van der Waals surface area contributed by atoms with E-state index in [9.17, 15) is 0 Å². The van der Waals surface area contributed by atoms with E-state index < -0.39 is 20.3 Å². The summed E-state index contributed by atoms with van der Waals surface area (Å²) in [5, 5.41) is 5.66. The number of hydrogen-bond acceptors (Lipinski definition) is 2. The summed E-state index contributed by atoms with van der Waals surface area (Å²) in [6.45, 7) is 9.07. The van der Waals surface area contributed by atoms with Crippen LogP contribution >= 0.6 is 14.5 Å². The van der Waals surface area contributed by atoms with E-state index in [4.69, 9.17) is 9.47 Å². The number of ether oxygens (including phenoxy) is 2. The Balaban J connectivity index is 1.53. The van der Waals surface area contributed by atoms with E-state index in [0.29, 0.717) is 0 Å². The van der Waals surface area contributed by atoms with Crippen molar-refractivity contribution in [3.05, 3.63) is 121 Å². The summed E-state index contributed by atoms with van der Waals surface area (Å²) < 4.78 is 13.5. The maximum Gasteiger partial charge on any atom is 0.164 e. The Morgan fingerprint density at radius 1 is 0.486 bits per heavy atom. The van der Waals surface area contributed by atoms with Crippen molar-refractivity contribution >= 4 is 35.7 Å². The van der Waals surface area contributed by atoms with Crippen LogP contribution in [0.2, 0.25) is 0 Å². The van der Waals surface area contributed by atoms with Gasteiger partial charge in [0, 0.05) is 0 Å². The van der Waals surface area contributed by atoms with Gasteiger partial charge in [0.2, 0.25) is 0 Å². The molecule has 4 aromatic carbocycles. The standard InChI is InChI=1S/C33H38O2P2/c1-33(2)34-31(25-36(3,27-17-9-5-10-18-27)28-19-11-6-12-20-28)32(35-33)26-37(4,29-21-13-7-14-22-29)30-23-15-8-16-24-30/h5-24,31-32H,25-26H2,1-4H3/q+2/t31-,32-/m1/s1. The highest BCUT2D eigenvalue weighted by Crippen LogP contribution is 2.58. The predicted molar refractivity (Wildman–Crippen MR) is 164 cm³/mol. The number of hydrogen-bond donors (Lipinski definition) is 0. The molecule has 0 bridgehead atoms. The van der Waals surface area contributed by atoms with Crippen LogP contribution in [-0.4, -0.2) is 43.6 Å². The van der Waals surface area contributed by atoms with E-state index in [2.05, 4.69) is 149 Å². The lowest BCUT2D eigenvalue weighted by atomic mass is 10.3. The van der Waals surface area contributed by atoms with Crippen LogP contribution in [0.3, 0.4) is 0 Å². The van der Waals surface area contributed by atoms with E-state index in [0.717, 1.165) is 12.3 Å². The van der Waals surface area contributed by atoms with Gasteiger partial charge in [-0.05, 0) is 62.4 Å². The van der Waals surface area contributed by atoms with Crippen molar-refractivity contribution in [3.63, 3.8) is 0 Å². The third-order valence-electron chi connectivity index (χ3n) is 7.68. The molecule has 0 saturated carbocycles. The molecule has 0 aliphatic carbocycles. The quantitative estimate of drug-likeness (QED) is 0.257.